The Balaban J connectivity index is 1.50. The average Bonchev–Trinajstić information content (AvgIpc) is 2.75. The second kappa shape index (κ2) is 10.1. The van der Waals surface area contributed by atoms with Gasteiger partial charge in [-0.2, -0.15) is 0 Å². The molecular formula is C20H28Cl2N4O3. The summed E-state index contributed by atoms with van der Waals surface area (Å²) in [5, 5.41) is 3.83. The number of halogens is 2. The molecule has 2 heterocycles. The second-order valence-electron chi connectivity index (χ2n) is 7.47. The van der Waals surface area contributed by atoms with Crippen LogP contribution < -0.4 is 5.32 Å². The number of rotatable bonds is 5. The predicted molar refractivity (Wildman–Crippen MR) is 115 cm³/mol. The Morgan fingerprint density at radius 3 is 2.17 bits per heavy atom. The number of carbonyl (C=O) groups is 2. The van der Waals surface area contributed by atoms with Crippen molar-refractivity contribution in [1.29, 1.82) is 0 Å². The highest BCUT2D eigenvalue weighted by Crippen LogP contribution is 2.26. The van der Waals surface area contributed by atoms with Crippen LogP contribution in [-0.2, 0) is 14.3 Å². The Labute approximate surface area is 181 Å². The molecule has 2 aliphatic heterocycles. The standard InChI is InChI=1S/C20H28Cl2N4O3/c1-14(19(27)23-18-13-16(21)3-4-17(18)22)24-5-7-25(8-6-24)15(2)20(28)26-9-11-29-12-10-26/h3-4,13-15H,5-12H2,1-2H3,(H,23,27). The Morgan fingerprint density at radius 1 is 0.966 bits per heavy atom. The van der Waals surface area contributed by atoms with Gasteiger partial charge in [-0.3, -0.25) is 19.4 Å². The van der Waals surface area contributed by atoms with Crippen molar-refractivity contribution >= 4 is 40.7 Å². The molecule has 2 unspecified atom stereocenters. The van der Waals surface area contributed by atoms with E-state index in [1.54, 1.807) is 18.2 Å². The molecule has 29 heavy (non-hydrogen) atoms. The maximum atomic E-state index is 12.7. The monoisotopic (exact) mass is 442 g/mol. The second-order valence-corrected chi connectivity index (χ2v) is 8.32. The zero-order chi connectivity index (χ0) is 21.0. The van der Waals surface area contributed by atoms with E-state index in [2.05, 4.69) is 15.1 Å². The lowest BCUT2D eigenvalue weighted by molar-refractivity contribution is -0.141. The minimum atomic E-state index is -0.308. The molecular weight excluding hydrogens is 415 g/mol. The summed E-state index contributed by atoms with van der Waals surface area (Å²) in [6.07, 6.45) is 0. The highest BCUT2D eigenvalue weighted by molar-refractivity contribution is 6.35. The van der Waals surface area contributed by atoms with Gasteiger partial charge in [0.25, 0.3) is 0 Å². The molecule has 2 atom stereocenters. The fraction of sp³-hybridized carbons (Fsp3) is 0.600. The Kier molecular flexibility index (Phi) is 7.76. The third-order valence-electron chi connectivity index (χ3n) is 5.69. The van der Waals surface area contributed by atoms with Gasteiger partial charge in [0.2, 0.25) is 11.8 Å². The number of carbonyl (C=O) groups excluding carboxylic acids is 2. The van der Waals surface area contributed by atoms with Gasteiger partial charge in [0.05, 0.1) is 36.0 Å². The molecule has 2 fully saturated rings. The smallest absolute Gasteiger partial charge is 0.241 e. The van der Waals surface area contributed by atoms with Crippen LogP contribution in [-0.4, -0.2) is 91.1 Å². The number of nitrogens with one attached hydrogen (secondary N) is 1. The number of benzene rings is 1. The highest BCUT2D eigenvalue weighted by atomic mass is 35.5. The molecule has 2 saturated heterocycles. The summed E-state index contributed by atoms with van der Waals surface area (Å²) in [5.74, 6) is 0.0307. The number of anilines is 1. The third kappa shape index (κ3) is 5.61. The fourth-order valence-electron chi connectivity index (χ4n) is 3.71. The summed E-state index contributed by atoms with van der Waals surface area (Å²) in [7, 11) is 0. The zero-order valence-electron chi connectivity index (χ0n) is 16.9. The van der Waals surface area contributed by atoms with Gasteiger partial charge in [0.1, 0.15) is 0 Å². The van der Waals surface area contributed by atoms with E-state index in [-0.39, 0.29) is 23.9 Å². The van der Waals surface area contributed by atoms with Gasteiger partial charge in [0, 0.05) is 44.3 Å². The van der Waals surface area contributed by atoms with Crippen LogP contribution >= 0.6 is 23.2 Å². The molecule has 1 aromatic carbocycles. The maximum Gasteiger partial charge on any atom is 0.241 e. The first kappa shape index (κ1) is 22.3. The van der Waals surface area contributed by atoms with Crippen molar-refractivity contribution in [2.75, 3.05) is 57.8 Å². The molecule has 3 rings (SSSR count). The Bertz CT molecular complexity index is 734. The quantitative estimate of drug-likeness (QED) is 0.756. The molecule has 1 N–H and O–H groups in total. The van der Waals surface area contributed by atoms with Crippen molar-refractivity contribution in [2.45, 2.75) is 25.9 Å². The summed E-state index contributed by atoms with van der Waals surface area (Å²) in [6.45, 7) is 9.30. The topological polar surface area (TPSA) is 65.1 Å². The average molecular weight is 443 g/mol. The summed E-state index contributed by atoms with van der Waals surface area (Å²) in [6, 6.07) is 4.52. The van der Waals surface area contributed by atoms with E-state index < -0.39 is 0 Å². The molecule has 0 aromatic heterocycles. The van der Waals surface area contributed by atoms with Crippen LogP contribution in [0.4, 0.5) is 5.69 Å². The highest BCUT2D eigenvalue weighted by Gasteiger charge is 2.32. The minimum Gasteiger partial charge on any atom is -0.378 e. The molecule has 0 saturated carbocycles. The lowest BCUT2D eigenvalue weighted by Crippen LogP contribution is -2.58. The van der Waals surface area contributed by atoms with E-state index in [4.69, 9.17) is 27.9 Å². The minimum absolute atomic E-state index is 0.125. The van der Waals surface area contributed by atoms with Crippen molar-refractivity contribution in [3.05, 3.63) is 28.2 Å². The third-order valence-corrected chi connectivity index (χ3v) is 6.25. The number of hydrogen-bond donors (Lipinski definition) is 1. The summed E-state index contributed by atoms with van der Waals surface area (Å²) < 4.78 is 5.33. The number of ether oxygens (including phenoxy) is 1. The van der Waals surface area contributed by atoms with Crippen molar-refractivity contribution in [3.8, 4) is 0 Å². The number of morpholine rings is 1. The van der Waals surface area contributed by atoms with E-state index in [1.807, 2.05) is 18.7 Å². The molecule has 0 aliphatic carbocycles. The molecule has 160 valence electrons. The number of piperazine rings is 1. The normalized spacial score (nSPS) is 20.9. The Hall–Kier alpha value is -1.38. The summed E-state index contributed by atoms with van der Waals surface area (Å²) >= 11 is 12.1. The maximum absolute atomic E-state index is 12.7. The van der Waals surface area contributed by atoms with E-state index in [9.17, 15) is 9.59 Å². The lowest BCUT2D eigenvalue weighted by Gasteiger charge is -2.41. The first-order valence-corrected chi connectivity index (χ1v) is 10.7. The molecule has 2 aliphatic rings. The Morgan fingerprint density at radius 2 is 1.55 bits per heavy atom. The van der Waals surface area contributed by atoms with Crippen LogP contribution in [0.2, 0.25) is 10.0 Å². The largest absolute Gasteiger partial charge is 0.378 e. The molecule has 9 heteroatoms. The first-order chi connectivity index (χ1) is 13.9. The molecule has 2 amide bonds. The van der Waals surface area contributed by atoms with Gasteiger partial charge in [-0.1, -0.05) is 23.2 Å². The van der Waals surface area contributed by atoms with Gasteiger partial charge in [-0.25, -0.2) is 0 Å². The van der Waals surface area contributed by atoms with Crippen LogP contribution in [0.3, 0.4) is 0 Å². The van der Waals surface area contributed by atoms with Crippen LogP contribution in [0, 0.1) is 0 Å². The van der Waals surface area contributed by atoms with Gasteiger partial charge in [-0.15, -0.1) is 0 Å². The van der Waals surface area contributed by atoms with Crippen molar-refractivity contribution < 1.29 is 14.3 Å². The van der Waals surface area contributed by atoms with E-state index >= 15 is 0 Å². The summed E-state index contributed by atoms with van der Waals surface area (Å²) in [4.78, 5) is 31.6. The molecule has 0 bridgehead atoms. The molecule has 0 spiro atoms. The van der Waals surface area contributed by atoms with Gasteiger partial charge in [0.15, 0.2) is 0 Å². The summed E-state index contributed by atoms with van der Waals surface area (Å²) in [5.41, 5.74) is 0.513. The number of amides is 2. The predicted octanol–water partition coefficient (Wildman–Crippen LogP) is 2.19. The number of hydrogen-bond acceptors (Lipinski definition) is 5. The molecule has 7 nitrogen and oxygen atoms in total. The SMILES string of the molecule is CC(C(=O)Nc1cc(Cl)ccc1Cl)N1CCN(C(C)C(=O)N2CCOCC2)CC1. The molecule has 1 aromatic rings. The van der Waals surface area contributed by atoms with E-state index in [1.165, 1.54) is 0 Å². The van der Waals surface area contributed by atoms with Crippen molar-refractivity contribution in [3.63, 3.8) is 0 Å². The van der Waals surface area contributed by atoms with Crippen molar-refractivity contribution in [1.82, 2.24) is 14.7 Å². The van der Waals surface area contributed by atoms with E-state index in [0.717, 1.165) is 26.2 Å². The van der Waals surface area contributed by atoms with Gasteiger partial charge >= 0.3 is 0 Å². The molecule has 0 radical (unpaired) electrons. The van der Waals surface area contributed by atoms with Gasteiger partial charge < -0.3 is 15.0 Å². The van der Waals surface area contributed by atoms with Crippen LogP contribution in [0.15, 0.2) is 18.2 Å². The fourth-order valence-corrected chi connectivity index (χ4v) is 4.05. The van der Waals surface area contributed by atoms with Crippen LogP contribution in [0.1, 0.15) is 13.8 Å². The zero-order valence-corrected chi connectivity index (χ0v) is 18.4. The van der Waals surface area contributed by atoms with Crippen molar-refractivity contribution in [2.24, 2.45) is 0 Å². The van der Waals surface area contributed by atoms with Crippen LogP contribution in [0.5, 0.6) is 0 Å². The van der Waals surface area contributed by atoms with Crippen LogP contribution in [0.25, 0.3) is 0 Å². The lowest BCUT2D eigenvalue weighted by atomic mass is 10.1. The first-order valence-electron chi connectivity index (χ1n) is 9.97. The van der Waals surface area contributed by atoms with E-state index in [0.29, 0.717) is 42.0 Å². The number of nitrogens with zero attached hydrogens (tertiary/aromatic N) is 3. The van der Waals surface area contributed by atoms with Gasteiger partial charge in [-0.05, 0) is 32.0 Å².